The molecule has 2 aromatic heterocycles. The molecule has 4 heterocycles. The topological polar surface area (TPSA) is 142 Å². The van der Waals surface area contributed by atoms with Crippen molar-refractivity contribution >= 4 is 34.8 Å². The maximum atomic E-state index is 13.7. The Bertz CT molecular complexity index is 1550. The number of methoxy groups -OCH3 is 1. The van der Waals surface area contributed by atoms with Gasteiger partial charge in [0.15, 0.2) is 0 Å². The van der Waals surface area contributed by atoms with Crippen molar-refractivity contribution < 1.29 is 28.6 Å². The number of oxime groups is 1. The molecule has 3 aromatic rings. The van der Waals surface area contributed by atoms with Gasteiger partial charge in [0.25, 0.3) is 11.5 Å². The van der Waals surface area contributed by atoms with E-state index in [-0.39, 0.29) is 24.6 Å². The molecular weight excluding hydrogens is 566 g/mol. The maximum Gasteiger partial charge on any atom is 0.269 e. The van der Waals surface area contributed by atoms with Gasteiger partial charge in [-0.05, 0) is 29.8 Å². The first kappa shape index (κ1) is 29.2. The summed E-state index contributed by atoms with van der Waals surface area (Å²) in [5.41, 5.74) is 2.77. The van der Waals surface area contributed by atoms with Crippen LogP contribution in [0.15, 0.2) is 58.7 Å². The van der Waals surface area contributed by atoms with Gasteiger partial charge >= 0.3 is 0 Å². The summed E-state index contributed by atoms with van der Waals surface area (Å²) < 4.78 is 18.4. The van der Waals surface area contributed by atoms with E-state index < -0.39 is 23.6 Å². The number of rotatable bonds is 9. The lowest BCUT2D eigenvalue weighted by molar-refractivity contribution is -0.124. The summed E-state index contributed by atoms with van der Waals surface area (Å²) in [5, 5.41) is 9.91. The highest BCUT2D eigenvalue weighted by Gasteiger charge is 2.29. The third-order valence-corrected chi connectivity index (χ3v) is 7.19. The summed E-state index contributed by atoms with van der Waals surface area (Å²) in [5.74, 6) is -0.473. The van der Waals surface area contributed by atoms with Gasteiger partial charge in [0.1, 0.15) is 24.1 Å². The largest absolute Gasteiger partial charge is 0.495 e. The van der Waals surface area contributed by atoms with E-state index in [9.17, 15) is 14.4 Å². The Labute approximate surface area is 246 Å². The van der Waals surface area contributed by atoms with Crippen LogP contribution in [0.5, 0.6) is 5.75 Å². The molecule has 12 nitrogen and oxygen atoms in total. The van der Waals surface area contributed by atoms with E-state index in [0.717, 1.165) is 11.3 Å². The molecule has 13 heteroatoms. The van der Waals surface area contributed by atoms with E-state index in [2.05, 4.69) is 20.8 Å². The molecule has 1 aromatic carbocycles. The van der Waals surface area contributed by atoms with Crippen LogP contribution in [-0.4, -0.2) is 73.8 Å². The molecule has 2 atom stereocenters. The van der Waals surface area contributed by atoms with Crippen LogP contribution in [0.25, 0.3) is 11.1 Å². The first-order valence-corrected chi connectivity index (χ1v) is 13.7. The molecule has 2 N–H and O–H groups in total. The van der Waals surface area contributed by atoms with E-state index >= 15 is 0 Å². The van der Waals surface area contributed by atoms with Crippen molar-refractivity contribution in [3.63, 3.8) is 0 Å². The summed E-state index contributed by atoms with van der Waals surface area (Å²) in [6.07, 6.45) is 3.24. The van der Waals surface area contributed by atoms with Crippen LogP contribution in [-0.2, 0) is 19.1 Å². The molecule has 1 saturated heterocycles. The summed E-state index contributed by atoms with van der Waals surface area (Å²) >= 11 is 6.35. The van der Waals surface area contributed by atoms with Crippen LogP contribution in [0.4, 0.5) is 5.69 Å². The molecule has 2 amide bonds. The van der Waals surface area contributed by atoms with Crippen LogP contribution in [0.2, 0.25) is 5.02 Å². The number of carbonyl (C=O) groups is 2. The molecule has 0 aliphatic carbocycles. The molecule has 2 aliphatic heterocycles. The predicted molar refractivity (Wildman–Crippen MR) is 155 cm³/mol. The quantitative estimate of drug-likeness (QED) is 0.384. The van der Waals surface area contributed by atoms with Crippen molar-refractivity contribution in [3.8, 4) is 16.9 Å². The Morgan fingerprint density at radius 1 is 1.14 bits per heavy atom. The number of nitrogens with one attached hydrogen (secondary N) is 2. The zero-order chi connectivity index (χ0) is 29.6. The fraction of sp³-hybridized carbons (Fsp3) is 0.345. The fourth-order valence-corrected chi connectivity index (χ4v) is 5.03. The molecule has 2 unspecified atom stereocenters. The minimum absolute atomic E-state index is 0.161. The van der Waals surface area contributed by atoms with Gasteiger partial charge in [-0.15, -0.1) is 0 Å². The molecule has 0 saturated carbocycles. The van der Waals surface area contributed by atoms with Crippen molar-refractivity contribution in [2.75, 3.05) is 45.9 Å². The number of halogens is 1. The second-order valence-electron chi connectivity index (χ2n) is 9.63. The molecule has 1 fully saturated rings. The maximum absolute atomic E-state index is 13.7. The number of amides is 2. The number of nitrogens with zero attached hydrogens (tertiary/aromatic N) is 3. The molecule has 0 radical (unpaired) electrons. The van der Waals surface area contributed by atoms with Crippen molar-refractivity contribution in [1.82, 2.24) is 14.9 Å². The molecule has 2 aliphatic rings. The fourth-order valence-electron chi connectivity index (χ4n) is 4.86. The smallest absolute Gasteiger partial charge is 0.269 e. The average Bonchev–Trinajstić information content (AvgIpc) is 3.55. The van der Waals surface area contributed by atoms with Crippen molar-refractivity contribution in [3.05, 3.63) is 75.4 Å². The summed E-state index contributed by atoms with van der Waals surface area (Å²) in [7, 11) is 2.99. The summed E-state index contributed by atoms with van der Waals surface area (Å²) in [6, 6.07) is 8.81. The van der Waals surface area contributed by atoms with Crippen molar-refractivity contribution in [1.29, 1.82) is 0 Å². The zero-order valence-electron chi connectivity index (χ0n) is 23.1. The predicted octanol–water partition coefficient (Wildman–Crippen LogP) is 3.04. The molecule has 5 rings (SSSR count). The Balaban J connectivity index is 1.52. The minimum Gasteiger partial charge on any atom is -0.495 e. The van der Waals surface area contributed by atoms with Crippen LogP contribution in [0.3, 0.4) is 0 Å². The Morgan fingerprint density at radius 2 is 2.00 bits per heavy atom. The van der Waals surface area contributed by atoms with Gasteiger partial charge in [0.05, 0.1) is 56.8 Å². The zero-order valence-corrected chi connectivity index (χ0v) is 23.8. The monoisotopic (exact) mass is 595 g/mol. The minimum atomic E-state index is -0.989. The van der Waals surface area contributed by atoms with E-state index in [1.165, 1.54) is 43.3 Å². The van der Waals surface area contributed by atoms with Crippen molar-refractivity contribution in [2.45, 2.75) is 25.0 Å². The van der Waals surface area contributed by atoms with Crippen molar-refractivity contribution in [2.24, 2.45) is 5.16 Å². The normalized spacial score (nSPS) is 17.1. The second-order valence-corrected chi connectivity index (χ2v) is 10.1. The Hall–Kier alpha value is -4.26. The number of benzene rings is 1. The number of pyridine rings is 2. The van der Waals surface area contributed by atoms with Gasteiger partial charge in [-0.1, -0.05) is 22.8 Å². The molecule has 42 heavy (non-hydrogen) atoms. The highest BCUT2D eigenvalue weighted by Crippen LogP contribution is 2.35. The lowest BCUT2D eigenvalue weighted by atomic mass is 9.95. The number of aromatic nitrogens is 2. The third kappa shape index (κ3) is 6.46. The Morgan fingerprint density at radius 3 is 2.67 bits per heavy atom. The van der Waals surface area contributed by atoms with E-state index in [4.69, 9.17) is 30.6 Å². The highest BCUT2D eigenvalue weighted by atomic mass is 35.5. The first-order valence-electron chi connectivity index (χ1n) is 13.4. The van der Waals surface area contributed by atoms with Crippen LogP contribution in [0.1, 0.15) is 34.9 Å². The first-order chi connectivity index (χ1) is 20.4. The molecule has 0 spiro atoms. The van der Waals surface area contributed by atoms with Crippen LogP contribution in [0, 0.1) is 0 Å². The number of hydrogen-bond donors (Lipinski definition) is 2. The van der Waals surface area contributed by atoms with E-state index in [1.54, 1.807) is 18.2 Å². The SMILES string of the molecule is CNC(=O)c1ccc(NC(=O)C(CC2COCCO2)n2cc(OC)c(-c3cc(Cl)ccc3C3=NOCC3)cc2=O)cn1. The Kier molecular flexibility index (Phi) is 9.15. The van der Waals surface area contributed by atoms with Gasteiger partial charge in [-0.3, -0.25) is 19.0 Å². The average molecular weight is 596 g/mol. The van der Waals surface area contributed by atoms with E-state index in [0.29, 0.717) is 53.8 Å². The van der Waals surface area contributed by atoms with Gasteiger partial charge in [0.2, 0.25) is 5.91 Å². The highest BCUT2D eigenvalue weighted by molar-refractivity contribution is 6.31. The molecular formula is C29H30ClN5O7. The van der Waals surface area contributed by atoms with Gasteiger partial charge < -0.3 is 29.7 Å². The second kappa shape index (κ2) is 13.1. The van der Waals surface area contributed by atoms with Crippen LogP contribution >= 0.6 is 11.6 Å². The summed E-state index contributed by atoms with van der Waals surface area (Å²) in [6.45, 7) is 1.58. The number of anilines is 1. The molecule has 220 valence electrons. The number of carbonyl (C=O) groups excluding carboxylic acids is 2. The standard InChI is InChI=1S/C29H30ClN5O7/c1-31-28(37)24-6-4-18(14-32-24)33-29(38)25(12-19-16-40-9-10-41-19)35-15-26(39-2)22(13-27(35)36)21-11-17(30)3-5-20(21)23-7-8-42-34-23/h3-6,11,13-15,19,25H,7-10,12,16H2,1-2H3,(H,31,37)(H,33,38). The van der Waals surface area contributed by atoms with E-state index in [1.807, 2.05) is 6.07 Å². The molecule has 0 bridgehead atoms. The van der Waals surface area contributed by atoms with Crippen LogP contribution < -0.4 is 20.9 Å². The number of hydrogen-bond acceptors (Lipinski definition) is 9. The lowest BCUT2D eigenvalue weighted by Gasteiger charge is -2.28. The van der Waals surface area contributed by atoms with Gasteiger partial charge in [0, 0.05) is 42.1 Å². The van der Waals surface area contributed by atoms with Gasteiger partial charge in [-0.25, -0.2) is 4.98 Å². The summed E-state index contributed by atoms with van der Waals surface area (Å²) in [4.78, 5) is 48.5. The van der Waals surface area contributed by atoms with Gasteiger partial charge in [-0.2, -0.15) is 0 Å². The third-order valence-electron chi connectivity index (χ3n) is 6.95. The lowest BCUT2D eigenvalue weighted by Crippen LogP contribution is -2.38. The number of ether oxygens (including phenoxy) is 3.